The molecule has 1 aliphatic rings. The van der Waals surface area contributed by atoms with Crippen LogP contribution < -0.4 is 5.32 Å². The van der Waals surface area contributed by atoms with Crippen LogP contribution in [0.15, 0.2) is 30.4 Å². The SMILES string of the molecule is C[C@H](OC(=O)[C@H]1CC=CCC1)C(=O)Nc1ccc(F)c(F)c1. The minimum absolute atomic E-state index is 0.104. The molecule has 1 aromatic rings. The van der Waals surface area contributed by atoms with Crippen LogP contribution in [-0.4, -0.2) is 18.0 Å². The molecule has 2 atom stereocenters. The van der Waals surface area contributed by atoms with Crippen LogP contribution in [-0.2, 0) is 14.3 Å². The first-order valence-electron chi connectivity index (χ1n) is 7.09. The van der Waals surface area contributed by atoms with Gasteiger partial charge in [0, 0.05) is 11.8 Å². The summed E-state index contributed by atoms with van der Waals surface area (Å²) in [4.78, 5) is 23.8. The number of anilines is 1. The lowest BCUT2D eigenvalue weighted by Gasteiger charge is -2.19. The van der Waals surface area contributed by atoms with Gasteiger partial charge in [0.05, 0.1) is 5.92 Å². The van der Waals surface area contributed by atoms with E-state index in [0.29, 0.717) is 12.8 Å². The number of hydrogen-bond donors (Lipinski definition) is 1. The molecule has 22 heavy (non-hydrogen) atoms. The second-order valence-electron chi connectivity index (χ2n) is 5.18. The van der Waals surface area contributed by atoms with Gasteiger partial charge in [-0.3, -0.25) is 9.59 Å². The summed E-state index contributed by atoms with van der Waals surface area (Å²) in [7, 11) is 0. The first kappa shape index (κ1) is 16.1. The minimum Gasteiger partial charge on any atom is -0.452 e. The maximum absolute atomic E-state index is 13.1. The summed E-state index contributed by atoms with van der Waals surface area (Å²) in [6, 6.07) is 3.01. The van der Waals surface area contributed by atoms with Crippen LogP contribution in [0, 0.1) is 17.6 Å². The zero-order chi connectivity index (χ0) is 16.1. The predicted molar refractivity (Wildman–Crippen MR) is 77.0 cm³/mol. The van der Waals surface area contributed by atoms with Crippen molar-refractivity contribution in [3.05, 3.63) is 42.0 Å². The van der Waals surface area contributed by atoms with Gasteiger partial charge in [-0.15, -0.1) is 0 Å². The molecule has 1 amide bonds. The Balaban J connectivity index is 1.89. The van der Waals surface area contributed by atoms with E-state index in [4.69, 9.17) is 4.74 Å². The Morgan fingerprint density at radius 2 is 2.05 bits per heavy atom. The van der Waals surface area contributed by atoms with Gasteiger partial charge in [-0.1, -0.05) is 12.2 Å². The largest absolute Gasteiger partial charge is 0.452 e. The van der Waals surface area contributed by atoms with Crippen molar-refractivity contribution >= 4 is 17.6 Å². The van der Waals surface area contributed by atoms with Crippen molar-refractivity contribution < 1.29 is 23.1 Å². The third-order valence-corrected chi connectivity index (χ3v) is 3.45. The van der Waals surface area contributed by atoms with Crippen molar-refractivity contribution in [1.29, 1.82) is 0 Å². The maximum Gasteiger partial charge on any atom is 0.310 e. The van der Waals surface area contributed by atoms with Gasteiger partial charge in [-0.2, -0.15) is 0 Å². The molecule has 0 radical (unpaired) electrons. The zero-order valence-corrected chi connectivity index (χ0v) is 12.1. The van der Waals surface area contributed by atoms with Crippen molar-refractivity contribution in [2.24, 2.45) is 5.92 Å². The van der Waals surface area contributed by atoms with Gasteiger partial charge in [0.2, 0.25) is 0 Å². The number of halogens is 2. The second-order valence-corrected chi connectivity index (χ2v) is 5.18. The molecule has 0 saturated heterocycles. The summed E-state index contributed by atoms with van der Waals surface area (Å²) in [5, 5.41) is 2.38. The van der Waals surface area contributed by atoms with Gasteiger partial charge >= 0.3 is 5.97 Å². The molecule has 0 heterocycles. The Morgan fingerprint density at radius 3 is 2.68 bits per heavy atom. The molecular formula is C16H17F2NO3. The molecule has 2 rings (SSSR count). The monoisotopic (exact) mass is 309 g/mol. The molecule has 0 aromatic heterocycles. The van der Waals surface area contributed by atoms with Crippen LogP contribution in [0.4, 0.5) is 14.5 Å². The normalized spacial score (nSPS) is 18.6. The van der Waals surface area contributed by atoms with E-state index in [1.807, 2.05) is 12.2 Å². The maximum atomic E-state index is 13.1. The summed E-state index contributed by atoms with van der Waals surface area (Å²) in [5.41, 5.74) is 0.104. The summed E-state index contributed by atoms with van der Waals surface area (Å²) >= 11 is 0. The Morgan fingerprint density at radius 1 is 1.27 bits per heavy atom. The first-order chi connectivity index (χ1) is 10.5. The van der Waals surface area contributed by atoms with E-state index >= 15 is 0 Å². The van der Waals surface area contributed by atoms with Gasteiger partial charge in [-0.05, 0) is 38.3 Å². The fourth-order valence-corrected chi connectivity index (χ4v) is 2.15. The highest BCUT2D eigenvalue weighted by Gasteiger charge is 2.25. The van der Waals surface area contributed by atoms with Crippen LogP contribution >= 0.6 is 0 Å². The molecule has 0 saturated carbocycles. The van der Waals surface area contributed by atoms with Crippen molar-refractivity contribution in [2.45, 2.75) is 32.3 Å². The summed E-state index contributed by atoms with van der Waals surface area (Å²) in [6.07, 6.45) is 5.04. The third kappa shape index (κ3) is 4.13. The molecule has 0 fully saturated rings. The summed E-state index contributed by atoms with van der Waals surface area (Å²) in [5.74, 6) is -3.30. The number of allylic oxidation sites excluding steroid dienone is 2. The van der Waals surface area contributed by atoms with E-state index in [1.54, 1.807) is 0 Å². The predicted octanol–water partition coefficient (Wildman–Crippen LogP) is 3.19. The molecule has 0 bridgehead atoms. The molecule has 6 heteroatoms. The molecule has 118 valence electrons. The highest BCUT2D eigenvalue weighted by atomic mass is 19.2. The van der Waals surface area contributed by atoms with E-state index < -0.39 is 29.6 Å². The van der Waals surface area contributed by atoms with Gasteiger partial charge in [0.15, 0.2) is 17.7 Å². The molecule has 0 unspecified atom stereocenters. The highest BCUT2D eigenvalue weighted by Crippen LogP contribution is 2.20. The fourth-order valence-electron chi connectivity index (χ4n) is 2.15. The lowest BCUT2D eigenvalue weighted by Crippen LogP contribution is -2.32. The van der Waals surface area contributed by atoms with E-state index in [9.17, 15) is 18.4 Å². The Hall–Kier alpha value is -2.24. The number of ether oxygens (including phenoxy) is 1. The molecule has 1 aromatic carbocycles. The van der Waals surface area contributed by atoms with Crippen molar-refractivity contribution in [2.75, 3.05) is 5.32 Å². The number of esters is 1. The zero-order valence-electron chi connectivity index (χ0n) is 12.1. The van der Waals surface area contributed by atoms with E-state index in [1.165, 1.54) is 13.0 Å². The van der Waals surface area contributed by atoms with E-state index in [0.717, 1.165) is 18.6 Å². The van der Waals surface area contributed by atoms with Crippen molar-refractivity contribution in [1.82, 2.24) is 0 Å². The molecule has 4 nitrogen and oxygen atoms in total. The van der Waals surface area contributed by atoms with Crippen LogP contribution in [0.25, 0.3) is 0 Å². The van der Waals surface area contributed by atoms with Crippen LogP contribution in [0.2, 0.25) is 0 Å². The number of carbonyl (C=O) groups is 2. The molecule has 0 aliphatic heterocycles. The number of rotatable bonds is 4. The lowest BCUT2D eigenvalue weighted by molar-refractivity contribution is -0.157. The minimum atomic E-state index is -1.06. The average Bonchev–Trinajstić information content (AvgIpc) is 2.51. The molecule has 0 spiro atoms. The van der Waals surface area contributed by atoms with Gasteiger partial charge < -0.3 is 10.1 Å². The fraction of sp³-hybridized carbons (Fsp3) is 0.375. The second kappa shape index (κ2) is 7.15. The Bertz CT molecular complexity index is 601. The number of hydrogen-bond acceptors (Lipinski definition) is 3. The number of benzene rings is 1. The Kier molecular flexibility index (Phi) is 5.25. The van der Waals surface area contributed by atoms with Gasteiger partial charge in [0.1, 0.15) is 0 Å². The van der Waals surface area contributed by atoms with Gasteiger partial charge in [0.25, 0.3) is 5.91 Å². The number of nitrogens with one attached hydrogen (secondary N) is 1. The molecule has 1 aliphatic carbocycles. The van der Waals surface area contributed by atoms with Crippen LogP contribution in [0.5, 0.6) is 0 Å². The molecular weight excluding hydrogens is 292 g/mol. The van der Waals surface area contributed by atoms with E-state index in [2.05, 4.69) is 5.32 Å². The summed E-state index contributed by atoms with van der Waals surface area (Å²) in [6.45, 7) is 1.44. The number of amides is 1. The average molecular weight is 309 g/mol. The summed E-state index contributed by atoms with van der Waals surface area (Å²) < 4.78 is 31.0. The first-order valence-corrected chi connectivity index (χ1v) is 7.09. The smallest absolute Gasteiger partial charge is 0.310 e. The van der Waals surface area contributed by atoms with Crippen LogP contribution in [0.1, 0.15) is 26.2 Å². The third-order valence-electron chi connectivity index (χ3n) is 3.45. The highest BCUT2D eigenvalue weighted by molar-refractivity contribution is 5.95. The van der Waals surface area contributed by atoms with Crippen molar-refractivity contribution in [3.8, 4) is 0 Å². The standard InChI is InChI=1S/C16H17F2NO3/c1-10(22-16(21)11-5-3-2-4-6-11)15(20)19-12-7-8-13(17)14(18)9-12/h2-3,7-11H,4-6H2,1H3,(H,19,20)/t10-,11-/m0/s1. The molecule has 1 N–H and O–H groups in total. The van der Waals surface area contributed by atoms with Crippen LogP contribution in [0.3, 0.4) is 0 Å². The van der Waals surface area contributed by atoms with E-state index in [-0.39, 0.29) is 11.6 Å². The lowest BCUT2D eigenvalue weighted by atomic mass is 9.95. The topological polar surface area (TPSA) is 55.4 Å². The Labute approximate surface area is 127 Å². The van der Waals surface area contributed by atoms with Gasteiger partial charge in [-0.25, -0.2) is 8.78 Å². The number of carbonyl (C=O) groups excluding carboxylic acids is 2. The quantitative estimate of drug-likeness (QED) is 0.686. The van der Waals surface area contributed by atoms with Crippen molar-refractivity contribution in [3.63, 3.8) is 0 Å².